The van der Waals surface area contributed by atoms with Gasteiger partial charge in [0.1, 0.15) is 18.1 Å². The van der Waals surface area contributed by atoms with Gasteiger partial charge in [0.2, 0.25) is 5.91 Å². The highest BCUT2D eigenvalue weighted by molar-refractivity contribution is 6.22. The van der Waals surface area contributed by atoms with Crippen LogP contribution in [0.4, 0.5) is 5.69 Å². The van der Waals surface area contributed by atoms with Crippen LogP contribution in [-0.4, -0.2) is 36.2 Å². The number of oxime groups is 1. The predicted octanol–water partition coefficient (Wildman–Crippen LogP) is 3.32. The molecule has 2 rings (SSSR count). The highest BCUT2D eigenvalue weighted by Crippen LogP contribution is 2.41. The second-order valence-electron chi connectivity index (χ2n) is 6.05. The molecule has 1 amide bonds. The number of hydrogen-bond acceptors (Lipinski definition) is 6. The Balaban J connectivity index is 2.37. The Morgan fingerprint density at radius 3 is 2.65 bits per heavy atom. The summed E-state index contributed by atoms with van der Waals surface area (Å²) in [6.45, 7) is 5.22. The summed E-state index contributed by atoms with van der Waals surface area (Å²) in [5.74, 6) is -0.190. The number of allylic oxidation sites excluding steroid dienone is 2. The van der Waals surface area contributed by atoms with Crippen LogP contribution in [0.1, 0.15) is 45.1 Å². The molecule has 2 N–H and O–H groups in total. The molecule has 1 aromatic rings. The number of hydrogen-bond donors (Lipinski definition) is 2. The summed E-state index contributed by atoms with van der Waals surface area (Å²) in [6.07, 6.45) is 0.484. The van der Waals surface area contributed by atoms with Crippen LogP contribution in [-0.2, 0) is 14.4 Å². The molecule has 1 aliphatic rings. The summed E-state index contributed by atoms with van der Waals surface area (Å²) in [5.41, 5.74) is 1.88. The third-order valence-electron chi connectivity index (χ3n) is 4.13. The second kappa shape index (κ2) is 8.51. The lowest BCUT2D eigenvalue weighted by molar-refractivity contribution is -0.116. The quantitative estimate of drug-likeness (QED) is 0.599. The zero-order chi connectivity index (χ0) is 19.3. The molecule has 1 aliphatic carbocycles. The Morgan fingerprint density at radius 1 is 1.35 bits per heavy atom. The number of para-hydroxylation sites is 1. The first-order valence-electron chi connectivity index (χ1n) is 8.45. The lowest BCUT2D eigenvalue weighted by Crippen LogP contribution is -2.23. The van der Waals surface area contributed by atoms with Gasteiger partial charge in [0.25, 0.3) is 0 Å². The highest BCUT2D eigenvalue weighted by Gasteiger charge is 2.32. The van der Waals surface area contributed by atoms with E-state index >= 15 is 0 Å². The molecule has 1 atom stereocenters. The van der Waals surface area contributed by atoms with Gasteiger partial charge in [-0.15, -0.1) is 0 Å². The van der Waals surface area contributed by atoms with Crippen LogP contribution in [0.3, 0.4) is 0 Å². The summed E-state index contributed by atoms with van der Waals surface area (Å²) >= 11 is 0. The number of ether oxygens (including phenoxy) is 1. The predicted molar refractivity (Wildman–Crippen MR) is 98.7 cm³/mol. The molecule has 26 heavy (non-hydrogen) atoms. The first-order chi connectivity index (χ1) is 12.4. The van der Waals surface area contributed by atoms with E-state index in [0.717, 1.165) is 5.56 Å². The van der Waals surface area contributed by atoms with Crippen molar-refractivity contribution < 1.29 is 24.3 Å². The fraction of sp³-hybridized carbons (Fsp3) is 0.421. The zero-order valence-electron chi connectivity index (χ0n) is 15.5. The van der Waals surface area contributed by atoms with Gasteiger partial charge < -0.3 is 20.0 Å². The smallest absolute Gasteiger partial charge is 0.221 e. The summed E-state index contributed by atoms with van der Waals surface area (Å²) in [5, 5.41) is 17.0. The summed E-state index contributed by atoms with van der Waals surface area (Å²) in [6, 6.07) is 5.35. The maximum absolute atomic E-state index is 12.6. The number of carbonyl (C=O) groups excluding carboxylic acids is 2. The van der Waals surface area contributed by atoms with Crippen LogP contribution in [0.2, 0.25) is 0 Å². The van der Waals surface area contributed by atoms with Gasteiger partial charge in [0.15, 0.2) is 5.78 Å². The number of nitrogens with zero attached hydrogens (tertiary/aromatic N) is 1. The maximum Gasteiger partial charge on any atom is 0.221 e. The summed E-state index contributed by atoms with van der Waals surface area (Å²) in [4.78, 5) is 29.0. The number of anilines is 1. The normalized spacial score (nSPS) is 17.9. The third kappa shape index (κ3) is 4.22. The molecule has 7 nitrogen and oxygen atoms in total. The Labute approximate surface area is 152 Å². The van der Waals surface area contributed by atoms with Gasteiger partial charge in [-0.25, -0.2) is 0 Å². The van der Waals surface area contributed by atoms with E-state index in [1.807, 2.05) is 6.07 Å². The van der Waals surface area contributed by atoms with Crippen molar-refractivity contribution in [3.63, 3.8) is 0 Å². The fourth-order valence-corrected chi connectivity index (χ4v) is 3.12. The summed E-state index contributed by atoms with van der Waals surface area (Å²) < 4.78 is 5.46. The van der Waals surface area contributed by atoms with Crippen molar-refractivity contribution in [3.8, 4) is 5.75 Å². The molecule has 0 bridgehead atoms. The average Bonchev–Trinajstić information content (AvgIpc) is 2.58. The van der Waals surface area contributed by atoms with E-state index in [1.54, 1.807) is 26.0 Å². The van der Waals surface area contributed by atoms with Crippen molar-refractivity contribution in [1.29, 1.82) is 0 Å². The second-order valence-corrected chi connectivity index (χ2v) is 6.05. The minimum Gasteiger partial charge on any atom is -0.511 e. The van der Waals surface area contributed by atoms with Gasteiger partial charge in [0, 0.05) is 31.2 Å². The molecule has 140 valence electrons. The lowest BCUT2D eigenvalue weighted by atomic mass is 9.81. The third-order valence-corrected chi connectivity index (χ3v) is 4.13. The van der Waals surface area contributed by atoms with Gasteiger partial charge in [-0.1, -0.05) is 17.3 Å². The van der Waals surface area contributed by atoms with E-state index < -0.39 is 0 Å². The average molecular weight is 360 g/mol. The number of ketones is 1. The number of benzene rings is 1. The number of nitrogens with one attached hydrogen (secondary N) is 1. The molecule has 0 radical (unpaired) electrons. The Morgan fingerprint density at radius 2 is 2.08 bits per heavy atom. The minimum atomic E-state index is -0.255. The number of aliphatic hydroxyl groups is 1. The van der Waals surface area contributed by atoms with Gasteiger partial charge >= 0.3 is 0 Å². The van der Waals surface area contributed by atoms with Crippen molar-refractivity contribution in [2.24, 2.45) is 5.16 Å². The molecule has 0 aromatic heterocycles. The number of amides is 1. The van der Waals surface area contributed by atoms with E-state index in [-0.39, 0.29) is 41.8 Å². The van der Waals surface area contributed by atoms with Crippen LogP contribution < -0.4 is 10.1 Å². The Bertz CT molecular complexity index is 767. The molecule has 0 heterocycles. The van der Waals surface area contributed by atoms with Gasteiger partial charge in [-0.3, -0.25) is 9.59 Å². The Kier molecular flexibility index (Phi) is 6.38. The molecule has 0 saturated carbocycles. The van der Waals surface area contributed by atoms with Crippen molar-refractivity contribution in [2.75, 3.05) is 19.0 Å². The molecule has 0 aliphatic heterocycles. The SMILES string of the molecule is CCON=C(C)C1=C(O)CC(c2cccc(NC(C)=O)c2OC)CC1=O. The molecule has 0 spiro atoms. The first-order valence-corrected chi connectivity index (χ1v) is 8.45. The molecule has 7 heteroatoms. The van der Waals surface area contributed by atoms with Crippen molar-refractivity contribution >= 4 is 23.1 Å². The molecular weight excluding hydrogens is 336 g/mol. The van der Waals surface area contributed by atoms with Crippen LogP contribution in [0, 0.1) is 0 Å². The fourth-order valence-electron chi connectivity index (χ4n) is 3.12. The standard InChI is InChI=1S/C19H24N2O5/c1-5-26-21-11(2)18-16(23)9-13(10-17(18)24)14-7-6-8-15(19(14)25-4)20-12(3)22/h6-8,13,23H,5,9-10H2,1-4H3,(H,20,22). The monoisotopic (exact) mass is 360 g/mol. The molecule has 0 saturated heterocycles. The number of Topliss-reactive ketones (excluding diaryl/α,β-unsaturated/α-hetero) is 1. The molecular formula is C19H24N2O5. The molecule has 1 unspecified atom stereocenters. The van der Waals surface area contributed by atoms with E-state index in [1.165, 1.54) is 14.0 Å². The summed E-state index contributed by atoms with van der Waals surface area (Å²) in [7, 11) is 1.51. The Hall–Kier alpha value is -2.83. The van der Waals surface area contributed by atoms with Crippen molar-refractivity contribution in [1.82, 2.24) is 0 Å². The lowest BCUT2D eigenvalue weighted by Gasteiger charge is -2.25. The molecule has 1 aromatic carbocycles. The van der Waals surface area contributed by atoms with Crippen LogP contribution in [0.5, 0.6) is 5.75 Å². The van der Waals surface area contributed by atoms with E-state index in [9.17, 15) is 14.7 Å². The topological polar surface area (TPSA) is 97.2 Å². The van der Waals surface area contributed by atoms with E-state index in [2.05, 4.69) is 10.5 Å². The minimum absolute atomic E-state index is 0.0146. The van der Waals surface area contributed by atoms with Crippen LogP contribution >= 0.6 is 0 Å². The zero-order valence-corrected chi connectivity index (χ0v) is 15.5. The molecule has 0 fully saturated rings. The largest absolute Gasteiger partial charge is 0.511 e. The number of methoxy groups -OCH3 is 1. The number of rotatable bonds is 6. The number of aliphatic hydroxyl groups excluding tert-OH is 1. The van der Waals surface area contributed by atoms with Crippen molar-refractivity contribution in [2.45, 2.75) is 39.5 Å². The van der Waals surface area contributed by atoms with E-state index in [4.69, 9.17) is 9.57 Å². The first kappa shape index (κ1) is 19.5. The van der Waals surface area contributed by atoms with Gasteiger partial charge in [-0.2, -0.15) is 0 Å². The van der Waals surface area contributed by atoms with Crippen LogP contribution in [0.15, 0.2) is 34.7 Å². The van der Waals surface area contributed by atoms with Crippen molar-refractivity contribution in [3.05, 3.63) is 35.1 Å². The maximum atomic E-state index is 12.6. The van der Waals surface area contributed by atoms with E-state index in [0.29, 0.717) is 23.8 Å². The van der Waals surface area contributed by atoms with Gasteiger partial charge in [0.05, 0.1) is 24.1 Å². The highest BCUT2D eigenvalue weighted by atomic mass is 16.6. The van der Waals surface area contributed by atoms with Gasteiger partial charge in [-0.05, 0) is 19.9 Å². The number of carbonyl (C=O) groups is 2. The van der Waals surface area contributed by atoms with Crippen LogP contribution in [0.25, 0.3) is 0 Å².